The van der Waals surface area contributed by atoms with Gasteiger partial charge < -0.3 is 14.8 Å². The first-order chi connectivity index (χ1) is 13.6. The van der Waals surface area contributed by atoms with Gasteiger partial charge in [-0.25, -0.2) is 4.98 Å². The van der Waals surface area contributed by atoms with Crippen LogP contribution in [0.5, 0.6) is 0 Å². The summed E-state index contributed by atoms with van der Waals surface area (Å²) in [5.41, 5.74) is 1.77. The Bertz CT molecular complexity index is 1070. The lowest BCUT2D eigenvalue weighted by molar-refractivity contribution is -0.133. The average molecular weight is 374 g/mol. The molecule has 6 nitrogen and oxygen atoms in total. The fraction of sp³-hybridized carbons (Fsp3) is 0.318. The number of para-hydroxylation sites is 2. The third kappa shape index (κ3) is 2.59. The monoisotopic (exact) mass is 374 g/mol. The highest BCUT2D eigenvalue weighted by Crippen LogP contribution is 2.39. The van der Waals surface area contributed by atoms with Crippen molar-refractivity contribution < 1.29 is 9.59 Å². The third-order valence-electron chi connectivity index (χ3n) is 5.76. The Morgan fingerprint density at radius 3 is 2.61 bits per heavy atom. The lowest BCUT2D eigenvalue weighted by Gasteiger charge is -2.43. The Labute approximate surface area is 163 Å². The molecule has 2 aromatic carbocycles. The van der Waals surface area contributed by atoms with E-state index in [4.69, 9.17) is 0 Å². The molecule has 2 aliphatic rings. The van der Waals surface area contributed by atoms with Gasteiger partial charge in [0.05, 0.1) is 17.6 Å². The number of carbonyl (C=O) groups is 2. The molecule has 1 aromatic heterocycles. The van der Waals surface area contributed by atoms with Crippen molar-refractivity contribution in [1.82, 2.24) is 19.8 Å². The summed E-state index contributed by atoms with van der Waals surface area (Å²) >= 11 is 0. The first-order valence-electron chi connectivity index (χ1n) is 9.69. The van der Waals surface area contributed by atoms with Gasteiger partial charge in [-0.05, 0) is 37.5 Å². The van der Waals surface area contributed by atoms with Gasteiger partial charge in [-0.2, -0.15) is 0 Å². The molecule has 1 fully saturated rings. The van der Waals surface area contributed by atoms with Crippen molar-refractivity contribution in [2.75, 3.05) is 0 Å². The second-order valence-electron chi connectivity index (χ2n) is 7.86. The van der Waals surface area contributed by atoms with Crippen molar-refractivity contribution in [2.24, 2.45) is 0 Å². The van der Waals surface area contributed by atoms with Crippen LogP contribution in [0.15, 0.2) is 54.6 Å². The van der Waals surface area contributed by atoms with E-state index in [1.807, 2.05) is 66.1 Å². The number of amides is 2. The number of rotatable bonds is 4. The zero-order chi connectivity index (χ0) is 19.3. The van der Waals surface area contributed by atoms with Gasteiger partial charge in [0.25, 0.3) is 5.91 Å². The molecular weight excluding hydrogens is 352 g/mol. The molecule has 6 heteroatoms. The van der Waals surface area contributed by atoms with E-state index in [9.17, 15) is 9.59 Å². The van der Waals surface area contributed by atoms with E-state index in [-0.39, 0.29) is 17.9 Å². The van der Waals surface area contributed by atoms with E-state index in [0.717, 1.165) is 29.4 Å². The van der Waals surface area contributed by atoms with Gasteiger partial charge in [-0.3, -0.25) is 9.59 Å². The van der Waals surface area contributed by atoms with Crippen LogP contribution in [-0.2, 0) is 17.9 Å². The Kier molecular flexibility index (Phi) is 3.75. The van der Waals surface area contributed by atoms with Gasteiger partial charge in [0, 0.05) is 12.6 Å². The number of carbonyl (C=O) groups excluding carboxylic acids is 2. The Hall–Kier alpha value is -3.15. The van der Waals surface area contributed by atoms with Crippen LogP contribution < -0.4 is 5.32 Å². The van der Waals surface area contributed by atoms with Gasteiger partial charge in [0.1, 0.15) is 5.54 Å². The molecule has 0 radical (unpaired) electrons. The molecule has 1 N–H and O–H groups in total. The number of hydrogen-bond donors (Lipinski definition) is 1. The first kappa shape index (κ1) is 17.0. The minimum atomic E-state index is -0.941. The zero-order valence-electron chi connectivity index (χ0n) is 15.8. The Morgan fingerprint density at radius 2 is 1.86 bits per heavy atom. The van der Waals surface area contributed by atoms with Gasteiger partial charge >= 0.3 is 0 Å². The molecule has 5 rings (SSSR count). The van der Waals surface area contributed by atoms with Crippen molar-refractivity contribution >= 4 is 22.8 Å². The Balaban J connectivity index is 1.51. The smallest absolute Gasteiger partial charge is 0.291 e. The molecule has 0 saturated heterocycles. The summed E-state index contributed by atoms with van der Waals surface area (Å²) in [6, 6.07) is 17.6. The summed E-state index contributed by atoms with van der Waals surface area (Å²) in [5.74, 6) is 0.156. The maximum Gasteiger partial charge on any atom is 0.291 e. The summed E-state index contributed by atoms with van der Waals surface area (Å²) in [7, 11) is 0. The summed E-state index contributed by atoms with van der Waals surface area (Å²) in [4.78, 5) is 33.0. The van der Waals surface area contributed by atoms with Gasteiger partial charge in [-0.1, -0.05) is 42.5 Å². The van der Waals surface area contributed by atoms with E-state index in [2.05, 4.69) is 10.3 Å². The van der Waals surface area contributed by atoms with Crippen LogP contribution in [0.2, 0.25) is 0 Å². The normalized spacial score (nSPS) is 21.6. The first-order valence-corrected chi connectivity index (χ1v) is 9.69. The Morgan fingerprint density at radius 1 is 1.14 bits per heavy atom. The molecule has 1 atom stereocenters. The van der Waals surface area contributed by atoms with Crippen LogP contribution in [0.1, 0.15) is 35.9 Å². The number of fused-ring (bicyclic) bond motifs is 3. The average Bonchev–Trinajstić information content (AvgIpc) is 3.47. The molecule has 28 heavy (non-hydrogen) atoms. The summed E-state index contributed by atoms with van der Waals surface area (Å²) in [5, 5.41) is 3.05. The molecule has 1 saturated carbocycles. The fourth-order valence-corrected chi connectivity index (χ4v) is 4.17. The molecule has 2 amide bonds. The van der Waals surface area contributed by atoms with E-state index in [1.54, 1.807) is 4.90 Å². The second-order valence-corrected chi connectivity index (χ2v) is 7.86. The highest BCUT2D eigenvalue weighted by molar-refractivity contribution is 6.01. The number of hydrogen-bond acceptors (Lipinski definition) is 3. The zero-order valence-corrected chi connectivity index (χ0v) is 15.8. The van der Waals surface area contributed by atoms with Crippen LogP contribution in [0.25, 0.3) is 11.0 Å². The van der Waals surface area contributed by atoms with Crippen molar-refractivity contribution in [3.63, 3.8) is 0 Å². The second kappa shape index (κ2) is 6.19. The van der Waals surface area contributed by atoms with Gasteiger partial charge in [0.2, 0.25) is 5.91 Å². The number of aromatic nitrogens is 2. The van der Waals surface area contributed by atoms with Crippen molar-refractivity contribution in [3.8, 4) is 0 Å². The van der Waals surface area contributed by atoms with Crippen molar-refractivity contribution in [1.29, 1.82) is 0 Å². The topological polar surface area (TPSA) is 67.2 Å². The molecule has 1 aliphatic heterocycles. The van der Waals surface area contributed by atoms with E-state index < -0.39 is 5.54 Å². The van der Waals surface area contributed by atoms with E-state index >= 15 is 0 Å². The summed E-state index contributed by atoms with van der Waals surface area (Å²) in [6.45, 7) is 2.73. The molecule has 142 valence electrons. The molecule has 0 unspecified atom stereocenters. The summed E-state index contributed by atoms with van der Waals surface area (Å²) < 4.78 is 1.90. The number of nitrogens with zero attached hydrogens (tertiary/aromatic N) is 3. The lowest BCUT2D eigenvalue weighted by atomic mass is 9.94. The largest absolute Gasteiger partial charge is 0.350 e. The molecule has 2 heterocycles. The maximum atomic E-state index is 13.3. The number of benzene rings is 2. The predicted molar refractivity (Wildman–Crippen MR) is 106 cm³/mol. The SMILES string of the molecule is C[C@@]1(C(=O)NCc2ccccc2)Cn2c(nc3ccccc32)C(=O)N1C1CC1. The van der Waals surface area contributed by atoms with Crippen molar-refractivity contribution in [3.05, 3.63) is 66.0 Å². The highest BCUT2D eigenvalue weighted by Gasteiger charge is 2.53. The van der Waals surface area contributed by atoms with Crippen LogP contribution in [0.4, 0.5) is 0 Å². The molecular formula is C22H22N4O2. The molecule has 3 aromatic rings. The van der Waals surface area contributed by atoms with Gasteiger partial charge in [-0.15, -0.1) is 0 Å². The minimum absolute atomic E-state index is 0.119. The lowest BCUT2D eigenvalue weighted by Crippen LogP contribution is -2.64. The summed E-state index contributed by atoms with van der Waals surface area (Å²) in [6.07, 6.45) is 1.88. The quantitative estimate of drug-likeness (QED) is 0.764. The standard InChI is InChI=1S/C22H22N4O2/c1-22(21(28)23-13-15-7-3-2-4-8-15)14-25-18-10-6-5-9-17(18)24-19(25)20(27)26(22)16-11-12-16/h2-10,16H,11-14H2,1H3,(H,23,28)/t22-/m0/s1. The molecule has 0 spiro atoms. The van der Waals surface area contributed by atoms with Gasteiger partial charge in [0.15, 0.2) is 5.82 Å². The predicted octanol–water partition coefficient (Wildman–Crippen LogP) is 2.73. The number of imidazole rings is 1. The van der Waals surface area contributed by atoms with Crippen molar-refractivity contribution in [2.45, 2.75) is 44.4 Å². The van der Waals surface area contributed by atoms with Crippen LogP contribution in [0, 0.1) is 0 Å². The van der Waals surface area contributed by atoms with Crippen LogP contribution in [0.3, 0.4) is 0 Å². The van der Waals surface area contributed by atoms with Crippen LogP contribution in [-0.4, -0.2) is 37.8 Å². The third-order valence-corrected chi connectivity index (χ3v) is 5.76. The maximum absolute atomic E-state index is 13.3. The molecule has 1 aliphatic carbocycles. The van der Waals surface area contributed by atoms with E-state index in [1.165, 1.54) is 0 Å². The fourth-order valence-electron chi connectivity index (χ4n) is 4.17. The van der Waals surface area contributed by atoms with E-state index in [0.29, 0.717) is 18.9 Å². The minimum Gasteiger partial charge on any atom is -0.350 e. The molecule has 0 bridgehead atoms. The number of nitrogens with one attached hydrogen (secondary N) is 1. The highest BCUT2D eigenvalue weighted by atomic mass is 16.2. The van der Waals surface area contributed by atoms with Crippen LogP contribution >= 0.6 is 0 Å².